The lowest BCUT2D eigenvalue weighted by Crippen LogP contribution is -2.47. The van der Waals surface area contributed by atoms with E-state index in [9.17, 15) is 0 Å². The fourth-order valence-corrected chi connectivity index (χ4v) is 3.24. The predicted octanol–water partition coefficient (Wildman–Crippen LogP) is 2.49. The first kappa shape index (κ1) is 20.4. The summed E-state index contributed by atoms with van der Waals surface area (Å²) < 4.78 is 10.6. The van der Waals surface area contributed by atoms with E-state index >= 15 is 0 Å². The zero-order valence-electron chi connectivity index (χ0n) is 16.8. The average Bonchev–Trinajstić information content (AvgIpc) is 2.68. The Hall–Kier alpha value is -1.95. The largest absolute Gasteiger partial charge is 0.493 e. The molecule has 0 amide bonds. The zero-order valence-corrected chi connectivity index (χ0v) is 16.8. The minimum absolute atomic E-state index is 0.502. The fourth-order valence-electron chi connectivity index (χ4n) is 3.24. The van der Waals surface area contributed by atoms with Gasteiger partial charge in [0, 0.05) is 26.2 Å². The van der Waals surface area contributed by atoms with E-state index in [2.05, 4.69) is 34.4 Å². The fraction of sp³-hybridized carbons (Fsp3) is 0.650. The highest BCUT2D eigenvalue weighted by Crippen LogP contribution is 2.27. The van der Waals surface area contributed by atoms with Crippen molar-refractivity contribution < 1.29 is 9.47 Å². The summed E-state index contributed by atoms with van der Waals surface area (Å²) in [5.41, 5.74) is 1.11. The quantitative estimate of drug-likeness (QED) is 0.576. The number of methoxy groups -OCH3 is 2. The van der Waals surface area contributed by atoms with E-state index in [0.717, 1.165) is 35.5 Å². The molecule has 1 atom stereocenters. The molecule has 0 saturated carbocycles. The highest BCUT2D eigenvalue weighted by molar-refractivity contribution is 5.79. The van der Waals surface area contributed by atoms with Crippen LogP contribution in [0.2, 0.25) is 0 Å². The van der Waals surface area contributed by atoms with Gasteiger partial charge in [0.05, 0.1) is 14.2 Å². The predicted molar refractivity (Wildman–Crippen MR) is 107 cm³/mol. The molecule has 1 aromatic carbocycles. The summed E-state index contributed by atoms with van der Waals surface area (Å²) >= 11 is 0. The van der Waals surface area contributed by atoms with Crippen LogP contribution < -0.4 is 20.1 Å². The van der Waals surface area contributed by atoms with Crippen LogP contribution in [0.4, 0.5) is 0 Å². The summed E-state index contributed by atoms with van der Waals surface area (Å²) in [5.74, 6) is 3.16. The van der Waals surface area contributed by atoms with Gasteiger partial charge in [0.15, 0.2) is 17.5 Å². The molecule has 0 aromatic heterocycles. The number of hydrogen-bond donors (Lipinski definition) is 2. The van der Waals surface area contributed by atoms with Crippen molar-refractivity contribution in [2.75, 3.05) is 40.9 Å². The zero-order chi connectivity index (χ0) is 18.9. The number of rotatable bonds is 7. The van der Waals surface area contributed by atoms with Gasteiger partial charge in [-0.2, -0.15) is 0 Å². The van der Waals surface area contributed by atoms with Gasteiger partial charge in [0.25, 0.3) is 0 Å². The molecule has 1 aliphatic heterocycles. The SMILES string of the molecule is CN=C(NCc1ccc(OC)c(OC)c1)NCC(C)N1CCC(C)CC1. The minimum Gasteiger partial charge on any atom is -0.493 e. The van der Waals surface area contributed by atoms with E-state index in [0.29, 0.717) is 12.6 Å². The number of hydrogen-bond acceptors (Lipinski definition) is 4. The van der Waals surface area contributed by atoms with E-state index < -0.39 is 0 Å². The van der Waals surface area contributed by atoms with Crippen LogP contribution in [0.15, 0.2) is 23.2 Å². The van der Waals surface area contributed by atoms with Gasteiger partial charge in [-0.25, -0.2) is 0 Å². The molecule has 1 aliphatic rings. The highest BCUT2D eigenvalue weighted by Gasteiger charge is 2.20. The van der Waals surface area contributed by atoms with Crippen LogP contribution in [0.25, 0.3) is 0 Å². The number of piperidine rings is 1. The standard InChI is InChI=1S/C20H34N4O2/c1-15-8-10-24(11-9-15)16(2)13-22-20(21-3)23-14-17-6-7-18(25-4)19(12-17)26-5/h6-7,12,15-16H,8-11,13-14H2,1-5H3,(H2,21,22,23). The van der Waals surface area contributed by atoms with Gasteiger partial charge in [-0.1, -0.05) is 13.0 Å². The van der Waals surface area contributed by atoms with Crippen LogP contribution >= 0.6 is 0 Å². The van der Waals surface area contributed by atoms with Gasteiger partial charge < -0.3 is 20.1 Å². The summed E-state index contributed by atoms with van der Waals surface area (Å²) in [4.78, 5) is 6.89. The van der Waals surface area contributed by atoms with Crippen molar-refractivity contribution in [2.45, 2.75) is 39.3 Å². The minimum atomic E-state index is 0.502. The molecule has 0 bridgehead atoms. The Morgan fingerprint density at radius 3 is 2.50 bits per heavy atom. The van der Waals surface area contributed by atoms with Gasteiger partial charge in [-0.15, -0.1) is 0 Å². The monoisotopic (exact) mass is 362 g/mol. The normalized spacial score (nSPS) is 17.7. The van der Waals surface area contributed by atoms with Crippen LogP contribution in [-0.4, -0.2) is 57.8 Å². The Balaban J connectivity index is 1.80. The first-order valence-electron chi connectivity index (χ1n) is 9.46. The molecule has 0 radical (unpaired) electrons. The molecule has 1 saturated heterocycles. The maximum Gasteiger partial charge on any atom is 0.191 e. The molecule has 146 valence electrons. The van der Waals surface area contributed by atoms with Gasteiger partial charge >= 0.3 is 0 Å². The van der Waals surface area contributed by atoms with Crippen molar-refractivity contribution in [3.05, 3.63) is 23.8 Å². The summed E-state index contributed by atoms with van der Waals surface area (Å²) in [7, 11) is 5.10. The van der Waals surface area contributed by atoms with Crippen LogP contribution in [0.5, 0.6) is 11.5 Å². The maximum atomic E-state index is 5.36. The molecule has 1 fully saturated rings. The van der Waals surface area contributed by atoms with Crippen molar-refractivity contribution in [3.8, 4) is 11.5 Å². The van der Waals surface area contributed by atoms with Gasteiger partial charge in [-0.3, -0.25) is 9.89 Å². The van der Waals surface area contributed by atoms with Gasteiger partial charge in [0.2, 0.25) is 0 Å². The van der Waals surface area contributed by atoms with Crippen LogP contribution in [0.1, 0.15) is 32.3 Å². The van der Waals surface area contributed by atoms with Gasteiger partial charge in [-0.05, 0) is 56.5 Å². The summed E-state index contributed by atoms with van der Waals surface area (Å²) in [6.45, 7) is 8.59. The third-order valence-electron chi connectivity index (χ3n) is 5.14. The van der Waals surface area contributed by atoms with Crippen molar-refractivity contribution in [1.29, 1.82) is 0 Å². The van der Waals surface area contributed by atoms with Crippen molar-refractivity contribution in [2.24, 2.45) is 10.9 Å². The summed E-state index contributed by atoms with van der Waals surface area (Å²) in [6, 6.07) is 6.43. The summed E-state index contributed by atoms with van der Waals surface area (Å²) in [5, 5.41) is 6.80. The van der Waals surface area contributed by atoms with Crippen LogP contribution in [0, 0.1) is 5.92 Å². The van der Waals surface area contributed by atoms with E-state index in [1.807, 2.05) is 18.2 Å². The first-order chi connectivity index (χ1) is 12.6. The topological polar surface area (TPSA) is 58.1 Å². The lowest BCUT2D eigenvalue weighted by Gasteiger charge is -2.35. The second kappa shape index (κ2) is 10.3. The maximum absolute atomic E-state index is 5.36. The van der Waals surface area contributed by atoms with Gasteiger partial charge in [0.1, 0.15) is 0 Å². The molecule has 2 N–H and O–H groups in total. The van der Waals surface area contributed by atoms with E-state index in [1.54, 1.807) is 21.3 Å². The molecule has 6 nitrogen and oxygen atoms in total. The molecule has 1 unspecified atom stereocenters. The second-order valence-electron chi connectivity index (χ2n) is 7.06. The van der Waals surface area contributed by atoms with E-state index in [-0.39, 0.29) is 0 Å². The number of nitrogens with one attached hydrogen (secondary N) is 2. The molecule has 1 aromatic rings. The number of aliphatic imine (C=N–C) groups is 1. The molecular formula is C20H34N4O2. The molecular weight excluding hydrogens is 328 g/mol. The smallest absolute Gasteiger partial charge is 0.191 e. The van der Waals surface area contributed by atoms with Crippen molar-refractivity contribution in [3.63, 3.8) is 0 Å². The molecule has 6 heteroatoms. The highest BCUT2D eigenvalue weighted by atomic mass is 16.5. The van der Waals surface area contributed by atoms with E-state index in [4.69, 9.17) is 9.47 Å². The molecule has 0 aliphatic carbocycles. The lowest BCUT2D eigenvalue weighted by atomic mass is 9.98. The van der Waals surface area contributed by atoms with Crippen molar-refractivity contribution >= 4 is 5.96 Å². The number of likely N-dealkylation sites (tertiary alicyclic amines) is 1. The summed E-state index contributed by atoms with van der Waals surface area (Å²) in [6.07, 6.45) is 2.60. The first-order valence-corrected chi connectivity index (χ1v) is 9.46. The van der Waals surface area contributed by atoms with Crippen molar-refractivity contribution in [1.82, 2.24) is 15.5 Å². The average molecular weight is 363 g/mol. The second-order valence-corrected chi connectivity index (χ2v) is 7.06. The number of ether oxygens (including phenoxy) is 2. The van der Waals surface area contributed by atoms with Crippen LogP contribution in [-0.2, 0) is 6.54 Å². The van der Waals surface area contributed by atoms with E-state index in [1.165, 1.54) is 25.9 Å². The Labute approximate surface area is 158 Å². The van der Waals surface area contributed by atoms with Crippen LogP contribution in [0.3, 0.4) is 0 Å². The number of nitrogens with zero attached hydrogens (tertiary/aromatic N) is 2. The lowest BCUT2D eigenvalue weighted by molar-refractivity contribution is 0.147. The Morgan fingerprint density at radius 1 is 1.19 bits per heavy atom. The Bertz CT molecular complexity index is 583. The molecule has 2 rings (SSSR count). The number of benzene rings is 1. The third-order valence-corrected chi connectivity index (χ3v) is 5.14. The molecule has 26 heavy (non-hydrogen) atoms. The molecule has 1 heterocycles. The number of guanidine groups is 1. The Kier molecular flexibility index (Phi) is 8.04. The third kappa shape index (κ3) is 5.80. The molecule has 0 spiro atoms. The Morgan fingerprint density at radius 2 is 1.88 bits per heavy atom.